The van der Waals surface area contributed by atoms with Gasteiger partial charge in [-0.05, 0) is 26.2 Å². The second-order valence-corrected chi connectivity index (χ2v) is 2.19. The number of hydrogen-bond acceptors (Lipinski definition) is 1. The van der Waals surface area contributed by atoms with Crippen LogP contribution in [0, 0.1) is 6.42 Å². The minimum Gasteiger partial charge on any atom is -0.390 e. The average Bonchev–Trinajstić information content (AvgIpc) is 1.32. The molecule has 0 aromatic rings. The molecule has 0 aliphatic heterocycles. The first-order valence-corrected chi connectivity index (χ1v) is 2.25. The second kappa shape index (κ2) is 0.969. The number of rotatable bonds is 0. The molecule has 1 N–H and O–H groups in total. The molecular formula is C5H9O. The van der Waals surface area contributed by atoms with Crippen LogP contribution in [0.3, 0.4) is 0 Å². The van der Waals surface area contributed by atoms with Crippen molar-refractivity contribution in [2.24, 2.45) is 0 Å². The molecule has 1 fully saturated rings. The highest BCUT2D eigenvalue weighted by molar-refractivity contribution is 4.95. The minimum atomic E-state index is -0.333. The number of hydrogen-bond donors (Lipinski definition) is 1. The lowest BCUT2D eigenvalue weighted by atomic mass is 9.82. The molecule has 6 heavy (non-hydrogen) atoms. The van der Waals surface area contributed by atoms with Crippen LogP contribution in [0.4, 0.5) is 0 Å². The molecule has 1 saturated carbocycles. The third-order valence-electron chi connectivity index (χ3n) is 1.17. The second-order valence-electron chi connectivity index (χ2n) is 2.19. The van der Waals surface area contributed by atoms with E-state index < -0.39 is 0 Å². The zero-order chi connectivity index (χ0) is 4.62. The van der Waals surface area contributed by atoms with Crippen molar-refractivity contribution in [2.75, 3.05) is 0 Å². The van der Waals surface area contributed by atoms with Crippen LogP contribution in [0.15, 0.2) is 0 Å². The Bertz CT molecular complexity index is 51.0. The smallest absolute Gasteiger partial charge is 0.0625 e. The maximum Gasteiger partial charge on any atom is 0.0625 e. The highest BCUT2D eigenvalue weighted by Crippen LogP contribution is 2.28. The highest BCUT2D eigenvalue weighted by atomic mass is 16.3. The van der Waals surface area contributed by atoms with Crippen molar-refractivity contribution in [3.63, 3.8) is 0 Å². The van der Waals surface area contributed by atoms with Crippen LogP contribution in [-0.2, 0) is 0 Å². The van der Waals surface area contributed by atoms with E-state index >= 15 is 0 Å². The van der Waals surface area contributed by atoms with Crippen LogP contribution < -0.4 is 0 Å². The molecule has 1 rings (SSSR count). The summed E-state index contributed by atoms with van der Waals surface area (Å²) in [5, 5.41) is 8.88. The summed E-state index contributed by atoms with van der Waals surface area (Å²) in [5.41, 5.74) is -0.333. The minimum absolute atomic E-state index is 0.333. The molecular weight excluding hydrogens is 76.1 g/mol. The van der Waals surface area contributed by atoms with Crippen molar-refractivity contribution in [3.05, 3.63) is 6.42 Å². The Morgan fingerprint density at radius 3 is 2.00 bits per heavy atom. The Hall–Kier alpha value is -0.0400. The molecule has 1 heteroatoms. The highest BCUT2D eigenvalue weighted by Gasteiger charge is 2.28. The molecule has 0 amide bonds. The summed E-state index contributed by atoms with van der Waals surface area (Å²) in [5.74, 6) is 0. The van der Waals surface area contributed by atoms with Gasteiger partial charge in [0.05, 0.1) is 5.60 Å². The number of aliphatic hydroxyl groups is 1. The first kappa shape index (κ1) is 4.13. The van der Waals surface area contributed by atoms with Gasteiger partial charge in [0.15, 0.2) is 0 Å². The van der Waals surface area contributed by atoms with Gasteiger partial charge in [-0.3, -0.25) is 0 Å². The van der Waals surface area contributed by atoms with Crippen molar-refractivity contribution >= 4 is 0 Å². The van der Waals surface area contributed by atoms with Crippen LogP contribution >= 0.6 is 0 Å². The molecule has 35 valence electrons. The van der Waals surface area contributed by atoms with E-state index in [9.17, 15) is 0 Å². The molecule has 0 spiro atoms. The summed E-state index contributed by atoms with van der Waals surface area (Å²) in [4.78, 5) is 0. The van der Waals surface area contributed by atoms with Gasteiger partial charge < -0.3 is 5.11 Å². The van der Waals surface area contributed by atoms with Gasteiger partial charge in [-0.25, -0.2) is 0 Å². The van der Waals surface area contributed by atoms with Crippen LogP contribution in [0.1, 0.15) is 19.8 Å². The molecule has 1 aliphatic carbocycles. The molecule has 0 aromatic heterocycles. The third-order valence-corrected chi connectivity index (χ3v) is 1.17. The topological polar surface area (TPSA) is 20.2 Å². The molecule has 0 atom stereocenters. The molecule has 0 heterocycles. The van der Waals surface area contributed by atoms with E-state index in [1.54, 1.807) is 0 Å². The average molecular weight is 85.1 g/mol. The van der Waals surface area contributed by atoms with E-state index in [0.717, 1.165) is 12.8 Å². The predicted molar refractivity (Wildman–Crippen MR) is 24.2 cm³/mol. The van der Waals surface area contributed by atoms with Crippen molar-refractivity contribution in [2.45, 2.75) is 25.4 Å². The van der Waals surface area contributed by atoms with E-state index in [-0.39, 0.29) is 5.60 Å². The normalized spacial score (nSPS) is 29.0. The summed E-state index contributed by atoms with van der Waals surface area (Å²) in [7, 11) is 0. The predicted octanol–water partition coefficient (Wildman–Crippen LogP) is 0.735. The lowest BCUT2D eigenvalue weighted by Crippen LogP contribution is -2.32. The molecule has 0 saturated heterocycles. The van der Waals surface area contributed by atoms with E-state index in [2.05, 4.69) is 6.42 Å². The Morgan fingerprint density at radius 1 is 1.67 bits per heavy atom. The fraction of sp³-hybridized carbons (Fsp3) is 0.800. The lowest BCUT2D eigenvalue weighted by Gasteiger charge is -2.31. The van der Waals surface area contributed by atoms with Gasteiger partial charge in [-0.15, -0.1) is 0 Å². The molecule has 1 nitrogen and oxygen atoms in total. The van der Waals surface area contributed by atoms with Crippen molar-refractivity contribution in [3.8, 4) is 0 Å². The summed E-state index contributed by atoms with van der Waals surface area (Å²) in [6, 6.07) is 0. The molecule has 0 unspecified atom stereocenters. The van der Waals surface area contributed by atoms with Crippen LogP contribution in [0.5, 0.6) is 0 Å². The molecule has 1 radical (unpaired) electrons. The van der Waals surface area contributed by atoms with Gasteiger partial charge in [-0.2, -0.15) is 0 Å². The van der Waals surface area contributed by atoms with Crippen molar-refractivity contribution in [1.29, 1.82) is 0 Å². The SMILES string of the molecule is CC1(O)C[CH]C1. The first-order chi connectivity index (χ1) is 2.71. The van der Waals surface area contributed by atoms with Gasteiger partial charge in [0.2, 0.25) is 0 Å². The fourth-order valence-electron chi connectivity index (χ4n) is 0.562. The van der Waals surface area contributed by atoms with Crippen LogP contribution in [-0.4, -0.2) is 10.7 Å². The molecule has 0 bridgehead atoms. The van der Waals surface area contributed by atoms with Crippen molar-refractivity contribution < 1.29 is 5.11 Å². The summed E-state index contributed by atoms with van der Waals surface area (Å²) in [6.07, 6.45) is 3.85. The zero-order valence-corrected chi connectivity index (χ0v) is 3.94. The molecule has 0 aromatic carbocycles. The Labute approximate surface area is 38.0 Å². The van der Waals surface area contributed by atoms with E-state index in [4.69, 9.17) is 5.11 Å². The van der Waals surface area contributed by atoms with Gasteiger partial charge in [0, 0.05) is 0 Å². The largest absolute Gasteiger partial charge is 0.390 e. The van der Waals surface area contributed by atoms with E-state index in [1.165, 1.54) is 0 Å². The van der Waals surface area contributed by atoms with Crippen LogP contribution in [0.2, 0.25) is 0 Å². The third kappa shape index (κ3) is 0.548. The van der Waals surface area contributed by atoms with Gasteiger partial charge in [0.1, 0.15) is 0 Å². The Kier molecular flexibility index (Phi) is 0.667. The van der Waals surface area contributed by atoms with Gasteiger partial charge in [-0.1, -0.05) is 0 Å². The summed E-state index contributed by atoms with van der Waals surface area (Å²) >= 11 is 0. The maximum atomic E-state index is 8.88. The Balaban J connectivity index is 2.31. The zero-order valence-electron chi connectivity index (χ0n) is 3.94. The Morgan fingerprint density at radius 2 is 2.00 bits per heavy atom. The standard InChI is InChI=1S/C5H9O/c1-5(6)3-2-4-5/h2,6H,3-4H2,1H3. The first-order valence-electron chi connectivity index (χ1n) is 2.25. The maximum absolute atomic E-state index is 8.88. The summed E-state index contributed by atoms with van der Waals surface area (Å²) < 4.78 is 0. The van der Waals surface area contributed by atoms with E-state index in [0.29, 0.717) is 0 Å². The van der Waals surface area contributed by atoms with Crippen molar-refractivity contribution in [1.82, 2.24) is 0 Å². The summed E-state index contributed by atoms with van der Waals surface area (Å²) in [6.45, 7) is 1.85. The quantitative estimate of drug-likeness (QED) is 0.460. The fourth-order valence-corrected chi connectivity index (χ4v) is 0.562. The lowest BCUT2D eigenvalue weighted by molar-refractivity contribution is 0.0185. The van der Waals surface area contributed by atoms with Crippen LogP contribution in [0.25, 0.3) is 0 Å². The van der Waals surface area contributed by atoms with Gasteiger partial charge in [0.25, 0.3) is 0 Å². The van der Waals surface area contributed by atoms with Gasteiger partial charge >= 0.3 is 0 Å². The molecule has 1 aliphatic rings. The van der Waals surface area contributed by atoms with E-state index in [1.807, 2.05) is 6.92 Å². The monoisotopic (exact) mass is 85.1 g/mol.